The summed E-state index contributed by atoms with van der Waals surface area (Å²) in [5.74, 6) is 0.807. The van der Waals surface area contributed by atoms with Crippen molar-refractivity contribution in [3.63, 3.8) is 0 Å². The number of sulfonamides is 1. The third-order valence-electron chi connectivity index (χ3n) is 5.62. The predicted molar refractivity (Wildman–Crippen MR) is 102 cm³/mol. The summed E-state index contributed by atoms with van der Waals surface area (Å²) in [6, 6.07) is 6.91. The van der Waals surface area contributed by atoms with Crippen LogP contribution in [0.4, 0.5) is 0 Å². The van der Waals surface area contributed by atoms with Gasteiger partial charge in [0, 0.05) is 26.1 Å². The monoisotopic (exact) mass is 378 g/mol. The lowest BCUT2D eigenvalue weighted by molar-refractivity contribution is -0.121. The number of carbonyl (C=O) groups excluding carboxylic acids is 1. The molecule has 6 heteroatoms. The fraction of sp³-hybridized carbons (Fsp3) is 0.650. The van der Waals surface area contributed by atoms with E-state index in [0.29, 0.717) is 31.0 Å². The van der Waals surface area contributed by atoms with Gasteiger partial charge in [-0.25, -0.2) is 8.42 Å². The first kappa shape index (κ1) is 19.4. The maximum atomic E-state index is 12.6. The number of hydrogen-bond acceptors (Lipinski definition) is 3. The van der Waals surface area contributed by atoms with E-state index in [0.717, 1.165) is 37.2 Å². The minimum Gasteiger partial charge on any atom is -0.352 e. The Kier molecular flexibility index (Phi) is 6.70. The topological polar surface area (TPSA) is 66.5 Å². The van der Waals surface area contributed by atoms with Gasteiger partial charge in [-0.1, -0.05) is 44.2 Å². The molecule has 1 saturated heterocycles. The first-order valence-corrected chi connectivity index (χ1v) is 11.4. The Bertz CT molecular complexity index is 688. The zero-order valence-electron chi connectivity index (χ0n) is 15.5. The maximum absolute atomic E-state index is 12.6. The van der Waals surface area contributed by atoms with Gasteiger partial charge in [-0.2, -0.15) is 4.31 Å². The molecule has 1 aliphatic carbocycles. The van der Waals surface area contributed by atoms with Gasteiger partial charge in [0.05, 0.1) is 4.90 Å². The number of benzene rings is 1. The van der Waals surface area contributed by atoms with Gasteiger partial charge in [-0.05, 0) is 42.9 Å². The molecular formula is C20H30N2O3S. The summed E-state index contributed by atoms with van der Waals surface area (Å²) in [4.78, 5) is 12.3. The van der Waals surface area contributed by atoms with Crippen LogP contribution in [-0.4, -0.2) is 31.7 Å². The van der Waals surface area contributed by atoms with Crippen molar-refractivity contribution in [3.05, 3.63) is 29.8 Å². The zero-order chi connectivity index (χ0) is 18.4. The fourth-order valence-electron chi connectivity index (χ4n) is 3.96. The molecule has 3 rings (SSSR count). The van der Waals surface area contributed by atoms with Crippen LogP contribution in [0, 0.1) is 5.92 Å². The molecule has 1 saturated carbocycles. The number of carbonyl (C=O) groups is 1. The molecule has 0 atom stereocenters. The number of nitrogens with one attached hydrogen (secondary N) is 1. The Hall–Kier alpha value is -1.40. The van der Waals surface area contributed by atoms with E-state index in [1.165, 1.54) is 25.7 Å². The standard InChI is InChI=1S/C20H30N2O3S/c23-20(13-10-17-6-2-3-7-17)21-16-18-8-11-19(12-9-18)26(24,25)22-14-4-1-5-15-22/h8-9,11-12,17H,1-7,10,13-16H2,(H,21,23). The second kappa shape index (κ2) is 9.00. The summed E-state index contributed by atoms with van der Waals surface area (Å²) in [5, 5.41) is 2.95. The van der Waals surface area contributed by atoms with Crippen molar-refractivity contribution in [1.29, 1.82) is 0 Å². The zero-order valence-corrected chi connectivity index (χ0v) is 16.3. The second-order valence-corrected chi connectivity index (χ2v) is 9.51. The van der Waals surface area contributed by atoms with E-state index in [-0.39, 0.29) is 5.91 Å². The molecule has 26 heavy (non-hydrogen) atoms. The van der Waals surface area contributed by atoms with E-state index in [9.17, 15) is 13.2 Å². The molecule has 0 bridgehead atoms. The highest BCUT2D eigenvalue weighted by molar-refractivity contribution is 7.89. The minimum atomic E-state index is -3.38. The van der Waals surface area contributed by atoms with Crippen molar-refractivity contribution < 1.29 is 13.2 Å². The maximum Gasteiger partial charge on any atom is 0.243 e. The molecule has 2 fully saturated rings. The van der Waals surface area contributed by atoms with E-state index in [1.807, 2.05) is 0 Å². The smallest absolute Gasteiger partial charge is 0.243 e. The van der Waals surface area contributed by atoms with Crippen LogP contribution >= 0.6 is 0 Å². The van der Waals surface area contributed by atoms with Crippen LogP contribution in [0.2, 0.25) is 0 Å². The lowest BCUT2D eigenvalue weighted by Crippen LogP contribution is -2.35. The summed E-state index contributed by atoms with van der Waals surface area (Å²) in [7, 11) is -3.38. The predicted octanol–water partition coefficient (Wildman–Crippen LogP) is 3.45. The van der Waals surface area contributed by atoms with Crippen molar-refractivity contribution in [3.8, 4) is 0 Å². The summed E-state index contributed by atoms with van der Waals surface area (Å²) in [6.45, 7) is 1.68. The van der Waals surface area contributed by atoms with Gasteiger partial charge in [0.15, 0.2) is 0 Å². The minimum absolute atomic E-state index is 0.0851. The average Bonchev–Trinajstić information content (AvgIpc) is 3.19. The number of hydrogen-bond donors (Lipinski definition) is 1. The largest absolute Gasteiger partial charge is 0.352 e. The molecule has 1 aromatic rings. The number of piperidine rings is 1. The lowest BCUT2D eigenvalue weighted by Gasteiger charge is -2.25. The summed E-state index contributed by atoms with van der Waals surface area (Å²) < 4.78 is 26.8. The number of rotatable bonds is 7. The molecule has 1 aromatic carbocycles. The Morgan fingerprint density at radius 1 is 1.00 bits per heavy atom. The third-order valence-corrected chi connectivity index (χ3v) is 7.53. The van der Waals surface area contributed by atoms with E-state index in [2.05, 4.69) is 5.32 Å². The van der Waals surface area contributed by atoms with Crippen LogP contribution in [0.1, 0.15) is 63.4 Å². The van der Waals surface area contributed by atoms with Gasteiger partial charge in [0.2, 0.25) is 15.9 Å². The van der Waals surface area contributed by atoms with Crippen LogP contribution in [0.15, 0.2) is 29.2 Å². The van der Waals surface area contributed by atoms with Gasteiger partial charge in [-0.15, -0.1) is 0 Å². The average molecular weight is 379 g/mol. The highest BCUT2D eigenvalue weighted by Gasteiger charge is 2.25. The molecule has 0 radical (unpaired) electrons. The molecule has 5 nitrogen and oxygen atoms in total. The van der Waals surface area contributed by atoms with E-state index >= 15 is 0 Å². The van der Waals surface area contributed by atoms with Crippen molar-refractivity contribution in [1.82, 2.24) is 9.62 Å². The van der Waals surface area contributed by atoms with Gasteiger partial charge in [0.1, 0.15) is 0 Å². The van der Waals surface area contributed by atoms with Crippen LogP contribution in [0.3, 0.4) is 0 Å². The highest BCUT2D eigenvalue weighted by atomic mass is 32.2. The van der Waals surface area contributed by atoms with Crippen LogP contribution in [-0.2, 0) is 21.4 Å². The van der Waals surface area contributed by atoms with E-state index in [4.69, 9.17) is 0 Å². The Balaban J connectivity index is 1.48. The molecule has 1 heterocycles. The molecule has 0 aromatic heterocycles. The van der Waals surface area contributed by atoms with Crippen molar-refractivity contribution in [2.45, 2.75) is 69.2 Å². The van der Waals surface area contributed by atoms with Gasteiger partial charge >= 0.3 is 0 Å². The normalized spacial score (nSPS) is 19.5. The molecule has 1 amide bonds. The molecule has 2 aliphatic rings. The molecule has 1 aliphatic heterocycles. The lowest BCUT2D eigenvalue weighted by atomic mass is 10.0. The van der Waals surface area contributed by atoms with Crippen molar-refractivity contribution in [2.24, 2.45) is 5.92 Å². The van der Waals surface area contributed by atoms with Crippen molar-refractivity contribution >= 4 is 15.9 Å². The fourth-order valence-corrected chi connectivity index (χ4v) is 5.47. The molecule has 0 unspecified atom stereocenters. The first-order valence-electron chi connectivity index (χ1n) is 9.91. The molecule has 144 valence electrons. The SMILES string of the molecule is O=C(CCC1CCCC1)NCc1ccc(S(=O)(=O)N2CCCCC2)cc1. The van der Waals surface area contributed by atoms with Gasteiger partial charge in [-0.3, -0.25) is 4.79 Å². The van der Waals surface area contributed by atoms with Gasteiger partial charge in [0.25, 0.3) is 0 Å². The molecular weight excluding hydrogens is 348 g/mol. The second-order valence-electron chi connectivity index (χ2n) is 7.57. The van der Waals surface area contributed by atoms with Crippen LogP contribution in [0.5, 0.6) is 0 Å². The Labute approximate surface area is 157 Å². The molecule has 0 spiro atoms. The highest BCUT2D eigenvalue weighted by Crippen LogP contribution is 2.28. The Morgan fingerprint density at radius 2 is 1.65 bits per heavy atom. The Morgan fingerprint density at radius 3 is 2.31 bits per heavy atom. The van der Waals surface area contributed by atoms with Crippen molar-refractivity contribution in [2.75, 3.05) is 13.1 Å². The molecule has 1 N–H and O–H groups in total. The van der Waals surface area contributed by atoms with Gasteiger partial charge < -0.3 is 5.32 Å². The summed E-state index contributed by atoms with van der Waals surface area (Å²) in [5.41, 5.74) is 0.928. The first-order chi connectivity index (χ1) is 12.6. The summed E-state index contributed by atoms with van der Waals surface area (Å²) >= 11 is 0. The van der Waals surface area contributed by atoms with Crippen LogP contribution < -0.4 is 5.32 Å². The van der Waals surface area contributed by atoms with Crippen LogP contribution in [0.25, 0.3) is 0 Å². The quantitative estimate of drug-likeness (QED) is 0.790. The number of amides is 1. The number of nitrogens with zero attached hydrogens (tertiary/aromatic N) is 1. The third kappa shape index (κ3) is 5.07. The van der Waals surface area contributed by atoms with E-state index < -0.39 is 10.0 Å². The summed E-state index contributed by atoms with van der Waals surface area (Å²) in [6.07, 6.45) is 9.68. The van der Waals surface area contributed by atoms with E-state index in [1.54, 1.807) is 28.6 Å².